The third kappa shape index (κ3) is 2.61. The van der Waals surface area contributed by atoms with E-state index in [0.29, 0.717) is 12.1 Å². The number of hydrogen-bond donors (Lipinski definition) is 2. The zero-order valence-corrected chi connectivity index (χ0v) is 10.4. The minimum absolute atomic E-state index is 0.157. The summed E-state index contributed by atoms with van der Waals surface area (Å²) >= 11 is 1.10. The maximum absolute atomic E-state index is 11.8. The van der Waals surface area contributed by atoms with Crippen LogP contribution in [0.1, 0.15) is 36.9 Å². The van der Waals surface area contributed by atoms with Crippen molar-refractivity contribution in [3.8, 4) is 0 Å². The zero-order chi connectivity index (χ0) is 12.3. The van der Waals surface area contributed by atoms with Gasteiger partial charge in [0.05, 0.1) is 5.69 Å². The number of carboxylic acid groups (broad SMARTS) is 1. The Bertz CT molecular complexity index is 409. The molecule has 2 N–H and O–H groups in total. The SMILES string of the molecule is CCC(C)(C)C(=O)Nc1ccsc1C(=O)O. The molecule has 4 nitrogen and oxygen atoms in total. The van der Waals surface area contributed by atoms with E-state index in [-0.39, 0.29) is 10.8 Å². The van der Waals surface area contributed by atoms with Gasteiger partial charge in [-0.15, -0.1) is 11.3 Å². The van der Waals surface area contributed by atoms with Crippen LogP contribution >= 0.6 is 11.3 Å². The van der Waals surface area contributed by atoms with E-state index < -0.39 is 11.4 Å². The highest BCUT2D eigenvalue weighted by atomic mass is 32.1. The van der Waals surface area contributed by atoms with Crippen LogP contribution in [-0.4, -0.2) is 17.0 Å². The molecule has 0 radical (unpaired) electrons. The van der Waals surface area contributed by atoms with Gasteiger partial charge in [-0.05, 0) is 17.9 Å². The Kier molecular flexibility index (Phi) is 3.70. The maximum Gasteiger partial charge on any atom is 0.348 e. The first kappa shape index (κ1) is 12.7. The van der Waals surface area contributed by atoms with Crippen molar-refractivity contribution < 1.29 is 14.7 Å². The largest absolute Gasteiger partial charge is 0.477 e. The van der Waals surface area contributed by atoms with E-state index in [1.54, 1.807) is 11.4 Å². The van der Waals surface area contributed by atoms with E-state index >= 15 is 0 Å². The molecule has 0 spiro atoms. The lowest BCUT2D eigenvalue weighted by Gasteiger charge is -2.21. The number of rotatable bonds is 4. The van der Waals surface area contributed by atoms with Crippen LogP contribution in [0.2, 0.25) is 0 Å². The Morgan fingerprint density at radius 3 is 2.62 bits per heavy atom. The third-order valence-corrected chi connectivity index (χ3v) is 3.51. The highest BCUT2D eigenvalue weighted by Crippen LogP contribution is 2.26. The molecule has 0 bridgehead atoms. The number of carbonyl (C=O) groups is 2. The molecule has 1 amide bonds. The molecule has 5 heteroatoms. The topological polar surface area (TPSA) is 66.4 Å². The van der Waals surface area contributed by atoms with Gasteiger partial charge >= 0.3 is 5.97 Å². The summed E-state index contributed by atoms with van der Waals surface area (Å²) in [5.41, 5.74) is -0.110. The highest BCUT2D eigenvalue weighted by molar-refractivity contribution is 7.12. The number of amides is 1. The van der Waals surface area contributed by atoms with Crippen LogP contribution < -0.4 is 5.32 Å². The summed E-state index contributed by atoms with van der Waals surface area (Å²) in [6.07, 6.45) is 0.700. The van der Waals surface area contributed by atoms with Gasteiger partial charge < -0.3 is 10.4 Å². The summed E-state index contributed by atoms with van der Waals surface area (Å²) < 4.78 is 0. The number of nitrogens with one attached hydrogen (secondary N) is 1. The van der Waals surface area contributed by atoms with Gasteiger partial charge in [0, 0.05) is 5.41 Å². The predicted molar refractivity (Wildman–Crippen MR) is 64.0 cm³/mol. The van der Waals surface area contributed by atoms with Crippen LogP contribution in [0.4, 0.5) is 5.69 Å². The van der Waals surface area contributed by atoms with Gasteiger partial charge in [0.25, 0.3) is 0 Å². The van der Waals surface area contributed by atoms with Crippen LogP contribution in [0.25, 0.3) is 0 Å². The molecule has 0 unspecified atom stereocenters. The second-order valence-corrected chi connectivity index (χ2v) is 5.08. The van der Waals surface area contributed by atoms with Gasteiger partial charge in [-0.25, -0.2) is 4.79 Å². The minimum atomic E-state index is -1.01. The van der Waals surface area contributed by atoms with Gasteiger partial charge in [0.15, 0.2) is 0 Å². The lowest BCUT2D eigenvalue weighted by Crippen LogP contribution is -2.30. The third-order valence-electron chi connectivity index (χ3n) is 2.61. The maximum atomic E-state index is 11.8. The van der Waals surface area contributed by atoms with E-state index in [0.717, 1.165) is 11.3 Å². The average Bonchev–Trinajstić information content (AvgIpc) is 2.65. The van der Waals surface area contributed by atoms with Gasteiger partial charge in [0.2, 0.25) is 5.91 Å². The lowest BCUT2D eigenvalue weighted by atomic mass is 9.89. The molecule has 88 valence electrons. The molecule has 0 aliphatic heterocycles. The standard InChI is InChI=1S/C11H15NO3S/c1-4-11(2,3)10(15)12-7-5-6-16-8(7)9(13)14/h5-6H,4H2,1-3H3,(H,12,15)(H,13,14). The monoisotopic (exact) mass is 241 g/mol. The summed E-state index contributed by atoms with van der Waals surface area (Å²) in [6.45, 7) is 5.58. The van der Waals surface area contributed by atoms with Gasteiger partial charge in [-0.1, -0.05) is 20.8 Å². The molecule has 0 saturated carbocycles. The Morgan fingerprint density at radius 1 is 1.50 bits per heavy atom. The quantitative estimate of drug-likeness (QED) is 0.851. The smallest absolute Gasteiger partial charge is 0.348 e. The summed E-state index contributed by atoms with van der Waals surface area (Å²) in [7, 11) is 0. The van der Waals surface area contributed by atoms with E-state index in [9.17, 15) is 9.59 Å². The molecule has 1 aromatic heterocycles. The average molecular weight is 241 g/mol. The van der Waals surface area contributed by atoms with Crippen molar-refractivity contribution in [2.24, 2.45) is 5.41 Å². The Labute approximate surface area is 98.3 Å². The van der Waals surface area contributed by atoms with Crippen molar-refractivity contribution in [2.75, 3.05) is 5.32 Å². The molecule has 0 aliphatic carbocycles. The normalized spacial score (nSPS) is 11.2. The summed E-state index contributed by atoms with van der Waals surface area (Å²) in [4.78, 5) is 22.8. The molecule has 1 rings (SSSR count). The van der Waals surface area contributed by atoms with E-state index in [1.165, 1.54) is 0 Å². The van der Waals surface area contributed by atoms with Crippen LogP contribution in [0.15, 0.2) is 11.4 Å². The first-order valence-corrected chi connectivity index (χ1v) is 5.88. The van der Waals surface area contributed by atoms with E-state index in [4.69, 9.17) is 5.11 Å². The van der Waals surface area contributed by atoms with Crippen LogP contribution in [-0.2, 0) is 4.79 Å². The van der Waals surface area contributed by atoms with Crippen molar-refractivity contribution in [3.63, 3.8) is 0 Å². The van der Waals surface area contributed by atoms with Crippen molar-refractivity contribution in [3.05, 3.63) is 16.3 Å². The molecule has 0 atom stereocenters. The number of hydrogen-bond acceptors (Lipinski definition) is 3. The van der Waals surface area contributed by atoms with Crippen LogP contribution in [0.3, 0.4) is 0 Å². The summed E-state index contributed by atoms with van der Waals surface area (Å²) in [6, 6.07) is 1.61. The predicted octanol–water partition coefficient (Wildman–Crippen LogP) is 2.82. The first-order valence-electron chi connectivity index (χ1n) is 5.00. The molecule has 0 aliphatic rings. The second-order valence-electron chi connectivity index (χ2n) is 4.16. The molecule has 1 aromatic rings. The number of anilines is 1. The second kappa shape index (κ2) is 4.65. The molecule has 1 heterocycles. The number of thiophene rings is 1. The number of carbonyl (C=O) groups excluding carboxylic acids is 1. The summed E-state index contributed by atoms with van der Waals surface area (Å²) in [5, 5.41) is 13.2. The molecule has 0 saturated heterocycles. The fourth-order valence-corrected chi connectivity index (χ4v) is 1.71. The number of aromatic carboxylic acids is 1. The van der Waals surface area contributed by atoms with E-state index in [2.05, 4.69) is 5.32 Å². The molecular weight excluding hydrogens is 226 g/mol. The van der Waals surface area contributed by atoms with Crippen molar-refractivity contribution >= 4 is 28.9 Å². The Balaban J connectivity index is 2.85. The highest BCUT2D eigenvalue weighted by Gasteiger charge is 2.26. The fourth-order valence-electron chi connectivity index (χ4n) is 1.03. The molecular formula is C11H15NO3S. The van der Waals surface area contributed by atoms with Crippen molar-refractivity contribution in [1.82, 2.24) is 0 Å². The molecule has 16 heavy (non-hydrogen) atoms. The fraction of sp³-hybridized carbons (Fsp3) is 0.455. The Hall–Kier alpha value is -1.36. The number of carboxylic acids is 1. The van der Waals surface area contributed by atoms with Crippen molar-refractivity contribution in [2.45, 2.75) is 27.2 Å². The first-order chi connectivity index (χ1) is 7.38. The van der Waals surface area contributed by atoms with Gasteiger partial charge in [-0.3, -0.25) is 4.79 Å². The minimum Gasteiger partial charge on any atom is -0.477 e. The van der Waals surface area contributed by atoms with Gasteiger partial charge in [0.1, 0.15) is 4.88 Å². The molecule has 0 aromatic carbocycles. The van der Waals surface area contributed by atoms with Crippen molar-refractivity contribution in [1.29, 1.82) is 0 Å². The van der Waals surface area contributed by atoms with Crippen LogP contribution in [0, 0.1) is 5.41 Å². The zero-order valence-electron chi connectivity index (χ0n) is 9.53. The van der Waals surface area contributed by atoms with E-state index in [1.807, 2.05) is 20.8 Å². The molecule has 0 fully saturated rings. The Morgan fingerprint density at radius 2 is 2.12 bits per heavy atom. The summed E-state index contributed by atoms with van der Waals surface area (Å²) in [5.74, 6) is -1.17. The lowest BCUT2D eigenvalue weighted by molar-refractivity contribution is -0.124. The van der Waals surface area contributed by atoms with Crippen LogP contribution in [0.5, 0.6) is 0 Å². The van der Waals surface area contributed by atoms with Gasteiger partial charge in [-0.2, -0.15) is 0 Å².